The van der Waals surface area contributed by atoms with E-state index in [4.69, 9.17) is 4.98 Å². The van der Waals surface area contributed by atoms with Crippen LogP contribution in [0.4, 0.5) is 4.39 Å². The maximum absolute atomic E-state index is 13.4. The summed E-state index contributed by atoms with van der Waals surface area (Å²) in [5, 5.41) is 3.42. The van der Waals surface area contributed by atoms with Crippen molar-refractivity contribution in [3.8, 4) is 0 Å². The fourth-order valence-corrected chi connectivity index (χ4v) is 3.05. The zero-order valence-corrected chi connectivity index (χ0v) is 11.7. The van der Waals surface area contributed by atoms with E-state index in [2.05, 4.69) is 30.7 Å². The first-order valence-electron chi connectivity index (χ1n) is 6.96. The van der Waals surface area contributed by atoms with Crippen LogP contribution >= 0.6 is 0 Å². The summed E-state index contributed by atoms with van der Waals surface area (Å²) in [4.78, 5) is 4.71. The molecule has 4 heteroatoms. The minimum Gasteiger partial charge on any atom is -0.325 e. The third-order valence-electron chi connectivity index (χ3n) is 4.04. The first-order valence-corrected chi connectivity index (χ1v) is 6.96. The second kappa shape index (κ2) is 4.60. The standard InChI is InChI=1S/C15H20FN3/c1-9(2)19-14-5-4-11(16)6-13(14)18-15(19)12-8-17-7-10(12)3/h4-6,9-10,12,17H,7-8H2,1-3H3/t10-,12-/m1/s1. The Balaban J connectivity index is 2.19. The van der Waals surface area contributed by atoms with Gasteiger partial charge in [0.05, 0.1) is 11.0 Å². The Morgan fingerprint density at radius 1 is 1.37 bits per heavy atom. The first-order chi connectivity index (χ1) is 9.08. The minimum absolute atomic E-state index is 0.218. The highest BCUT2D eigenvalue weighted by Gasteiger charge is 2.30. The van der Waals surface area contributed by atoms with Crippen molar-refractivity contribution in [3.63, 3.8) is 0 Å². The van der Waals surface area contributed by atoms with Crippen molar-refractivity contribution in [2.75, 3.05) is 13.1 Å². The van der Waals surface area contributed by atoms with Crippen LogP contribution in [0.25, 0.3) is 11.0 Å². The minimum atomic E-state index is -0.218. The molecule has 2 heterocycles. The van der Waals surface area contributed by atoms with Crippen LogP contribution in [0.5, 0.6) is 0 Å². The molecule has 0 saturated carbocycles. The first kappa shape index (κ1) is 12.6. The van der Waals surface area contributed by atoms with Gasteiger partial charge in [0.25, 0.3) is 0 Å². The largest absolute Gasteiger partial charge is 0.325 e. The summed E-state index contributed by atoms with van der Waals surface area (Å²) >= 11 is 0. The molecule has 0 spiro atoms. The van der Waals surface area contributed by atoms with Gasteiger partial charge in [-0.25, -0.2) is 9.37 Å². The summed E-state index contributed by atoms with van der Waals surface area (Å²) < 4.78 is 15.6. The number of nitrogens with zero attached hydrogens (tertiary/aromatic N) is 2. The van der Waals surface area contributed by atoms with E-state index in [-0.39, 0.29) is 5.82 Å². The molecule has 2 atom stereocenters. The number of aromatic nitrogens is 2. The molecular weight excluding hydrogens is 241 g/mol. The molecule has 1 aliphatic heterocycles. The second-order valence-corrected chi connectivity index (χ2v) is 5.81. The molecule has 1 saturated heterocycles. The molecule has 0 bridgehead atoms. The van der Waals surface area contributed by atoms with Gasteiger partial charge in [0.2, 0.25) is 0 Å². The number of hydrogen-bond acceptors (Lipinski definition) is 2. The monoisotopic (exact) mass is 261 g/mol. The highest BCUT2D eigenvalue weighted by Crippen LogP contribution is 2.32. The number of halogens is 1. The Hall–Kier alpha value is -1.42. The molecule has 2 aromatic rings. The molecule has 3 rings (SSSR count). The van der Waals surface area contributed by atoms with Gasteiger partial charge in [-0.3, -0.25) is 0 Å². The van der Waals surface area contributed by atoms with E-state index < -0.39 is 0 Å². The Labute approximate surface area is 112 Å². The van der Waals surface area contributed by atoms with Crippen molar-refractivity contribution >= 4 is 11.0 Å². The van der Waals surface area contributed by atoms with Crippen molar-refractivity contribution in [2.24, 2.45) is 5.92 Å². The summed E-state index contributed by atoms with van der Waals surface area (Å²) in [6, 6.07) is 5.22. The average Bonchev–Trinajstić information content (AvgIpc) is 2.91. The van der Waals surface area contributed by atoms with Crippen LogP contribution in [0.3, 0.4) is 0 Å². The van der Waals surface area contributed by atoms with Crippen LogP contribution in [0.15, 0.2) is 18.2 Å². The van der Waals surface area contributed by atoms with E-state index in [1.807, 2.05) is 6.07 Å². The summed E-state index contributed by atoms with van der Waals surface area (Å²) in [6.45, 7) is 8.54. The van der Waals surface area contributed by atoms with E-state index in [0.29, 0.717) is 17.9 Å². The number of hydrogen-bond donors (Lipinski definition) is 1. The SMILES string of the molecule is CC(C)n1c([C@@H]2CNC[C@H]2C)nc2cc(F)ccc21. The van der Waals surface area contributed by atoms with Crippen molar-refractivity contribution in [1.82, 2.24) is 14.9 Å². The maximum Gasteiger partial charge on any atom is 0.125 e. The molecule has 0 aliphatic carbocycles. The second-order valence-electron chi connectivity index (χ2n) is 5.81. The van der Waals surface area contributed by atoms with E-state index in [1.165, 1.54) is 12.1 Å². The zero-order chi connectivity index (χ0) is 13.6. The summed E-state index contributed by atoms with van der Waals surface area (Å²) in [7, 11) is 0. The van der Waals surface area contributed by atoms with E-state index in [1.54, 1.807) is 0 Å². The molecular formula is C15H20FN3. The average molecular weight is 261 g/mol. The van der Waals surface area contributed by atoms with Crippen LogP contribution < -0.4 is 5.32 Å². The summed E-state index contributed by atoms with van der Waals surface area (Å²) in [6.07, 6.45) is 0. The Kier molecular flexibility index (Phi) is 3.05. The topological polar surface area (TPSA) is 29.9 Å². The molecule has 0 radical (unpaired) electrons. The van der Waals surface area contributed by atoms with Gasteiger partial charge >= 0.3 is 0 Å². The normalized spacial score (nSPS) is 23.6. The molecule has 102 valence electrons. The van der Waals surface area contributed by atoms with Gasteiger partial charge in [-0.15, -0.1) is 0 Å². The lowest BCUT2D eigenvalue weighted by Crippen LogP contribution is -2.16. The van der Waals surface area contributed by atoms with Crippen molar-refractivity contribution in [3.05, 3.63) is 29.8 Å². The number of nitrogens with one attached hydrogen (secondary N) is 1. The van der Waals surface area contributed by atoms with Gasteiger partial charge in [-0.05, 0) is 38.4 Å². The van der Waals surface area contributed by atoms with E-state index in [9.17, 15) is 4.39 Å². The van der Waals surface area contributed by atoms with Gasteiger partial charge in [0, 0.05) is 24.6 Å². The van der Waals surface area contributed by atoms with Crippen LogP contribution in [0.2, 0.25) is 0 Å². The van der Waals surface area contributed by atoms with Gasteiger partial charge < -0.3 is 9.88 Å². The van der Waals surface area contributed by atoms with Crippen LogP contribution in [0.1, 0.15) is 38.6 Å². The predicted molar refractivity (Wildman–Crippen MR) is 74.9 cm³/mol. The van der Waals surface area contributed by atoms with Crippen LogP contribution in [-0.2, 0) is 0 Å². The van der Waals surface area contributed by atoms with Crippen molar-refractivity contribution in [2.45, 2.75) is 32.7 Å². The summed E-state index contributed by atoms with van der Waals surface area (Å²) in [5.41, 5.74) is 1.80. The van der Waals surface area contributed by atoms with Crippen molar-refractivity contribution in [1.29, 1.82) is 0 Å². The zero-order valence-electron chi connectivity index (χ0n) is 11.7. The van der Waals surface area contributed by atoms with Gasteiger partial charge in [-0.1, -0.05) is 6.92 Å². The maximum atomic E-state index is 13.4. The molecule has 1 aromatic carbocycles. The van der Waals surface area contributed by atoms with Gasteiger partial charge in [-0.2, -0.15) is 0 Å². The molecule has 1 aliphatic rings. The van der Waals surface area contributed by atoms with E-state index in [0.717, 1.165) is 29.9 Å². The molecule has 1 fully saturated rings. The summed E-state index contributed by atoms with van der Waals surface area (Å²) in [5.74, 6) is 1.86. The van der Waals surface area contributed by atoms with Crippen LogP contribution in [0, 0.1) is 11.7 Å². The molecule has 0 unspecified atom stereocenters. The number of benzene rings is 1. The van der Waals surface area contributed by atoms with Gasteiger partial charge in [0.15, 0.2) is 0 Å². The lowest BCUT2D eigenvalue weighted by Gasteiger charge is -2.19. The quantitative estimate of drug-likeness (QED) is 0.900. The van der Waals surface area contributed by atoms with Crippen molar-refractivity contribution < 1.29 is 4.39 Å². The number of rotatable bonds is 2. The lowest BCUT2D eigenvalue weighted by molar-refractivity contribution is 0.492. The fourth-order valence-electron chi connectivity index (χ4n) is 3.05. The Morgan fingerprint density at radius 2 is 2.16 bits per heavy atom. The highest BCUT2D eigenvalue weighted by molar-refractivity contribution is 5.76. The Bertz CT molecular complexity index is 603. The molecule has 19 heavy (non-hydrogen) atoms. The number of fused-ring (bicyclic) bond motifs is 1. The molecule has 3 nitrogen and oxygen atoms in total. The van der Waals surface area contributed by atoms with E-state index >= 15 is 0 Å². The smallest absolute Gasteiger partial charge is 0.125 e. The Morgan fingerprint density at radius 3 is 2.79 bits per heavy atom. The molecule has 0 amide bonds. The third kappa shape index (κ3) is 2.04. The van der Waals surface area contributed by atoms with Crippen LogP contribution in [-0.4, -0.2) is 22.6 Å². The number of imidazole rings is 1. The molecule has 1 N–H and O–H groups in total. The third-order valence-corrected chi connectivity index (χ3v) is 4.04. The predicted octanol–water partition coefficient (Wildman–Crippen LogP) is 3.08. The highest BCUT2D eigenvalue weighted by atomic mass is 19.1. The fraction of sp³-hybridized carbons (Fsp3) is 0.533. The van der Waals surface area contributed by atoms with Gasteiger partial charge in [0.1, 0.15) is 11.6 Å². The molecule has 1 aromatic heterocycles. The lowest BCUT2D eigenvalue weighted by atomic mass is 9.97.